The fraction of sp³-hybridized carbons (Fsp3) is 0.320. The number of rotatable bonds is 7. The number of benzene rings is 2. The summed E-state index contributed by atoms with van der Waals surface area (Å²) in [5.41, 5.74) is -0.179. The first kappa shape index (κ1) is 24.7. The summed E-state index contributed by atoms with van der Waals surface area (Å²) in [6.45, 7) is 5.60. The Morgan fingerprint density at radius 1 is 1.11 bits per heavy atom. The number of amides is 2. The summed E-state index contributed by atoms with van der Waals surface area (Å²) in [4.78, 5) is 31.9. The number of nitrogens with one attached hydrogen (secondary N) is 2. The van der Waals surface area contributed by atoms with Gasteiger partial charge < -0.3 is 9.64 Å². The maximum absolute atomic E-state index is 13.5. The molecule has 0 radical (unpaired) electrons. The van der Waals surface area contributed by atoms with Gasteiger partial charge in [0.15, 0.2) is 5.13 Å². The number of aromatic nitrogens is 1. The fourth-order valence-electron chi connectivity index (χ4n) is 4.08. The minimum Gasteiger partial charge on any atom is -0.444 e. The predicted molar refractivity (Wildman–Crippen MR) is 130 cm³/mol. The topological polar surface area (TPSA) is 83.6 Å². The molecule has 1 unspecified atom stereocenters. The molecule has 1 saturated heterocycles. The summed E-state index contributed by atoms with van der Waals surface area (Å²) in [7, 11) is 0. The van der Waals surface area contributed by atoms with Gasteiger partial charge in [-0.2, -0.15) is 0 Å². The van der Waals surface area contributed by atoms with Crippen LogP contribution in [0.1, 0.15) is 33.6 Å². The predicted octanol–water partition coefficient (Wildman–Crippen LogP) is 5.16. The smallest absolute Gasteiger partial charge is 0.251 e. The van der Waals surface area contributed by atoms with Gasteiger partial charge in [0, 0.05) is 12.5 Å². The molecule has 4 rings (SSSR count). The quantitative estimate of drug-likeness (QED) is 0.469. The highest BCUT2D eigenvalue weighted by molar-refractivity contribution is 7.18. The summed E-state index contributed by atoms with van der Waals surface area (Å²) in [6, 6.07) is 11.2. The fourth-order valence-corrected chi connectivity index (χ4v) is 4.93. The van der Waals surface area contributed by atoms with E-state index in [2.05, 4.69) is 15.6 Å². The molecular formula is C25H26F2N4O3S. The second-order valence-electron chi connectivity index (χ2n) is 8.73. The molecule has 1 aromatic heterocycles. The maximum atomic E-state index is 13.5. The van der Waals surface area contributed by atoms with Crippen LogP contribution >= 0.6 is 11.3 Å². The SMILES string of the molecule is CC(=O)N(C1CCCN1)C(C)(C)C(=O)Nc1nc(-c2ccc(F)cc2)c(Oc2ccc(F)cc2)s1. The van der Waals surface area contributed by atoms with Gasteiger partial charge in [-0.15, -0.1) is 0 Å². The first-order chi connectivity index (χ1) is 16.6. The number of thiazole rings is 1. The summed E-state index contributed by atoms with van der Waals surface area (Å²) in [6.07, 6.45) is 1.46. The zero-order valence-electron chi connectivity index (χ0n) is 19.6. The van der Waals surface area contributed by atoms with E-state index in [-0.39, 0.29) is 17.2 Å². The minimum atomic E-state index is -1.16. The third-order valence-electron chi connectivity index (χ3n) is 5.80. The van der Waals surface area contributed by atoms with E-state index >= 15 is 0 Å². The van der Waals surface area contributed by atoms with Gasteiger partial charge in [-0.3, -0.25) is 20.2 Å². The van der Waals surface area contributed by atoms with Gasteiger partial charge >= 0.3 is 0 Å². The van der Waals surface area contributed by atoms with E-state index in [1.165, 1.54) is 43.3 Å². The Morgan fingerprint density at radius 3 is 2.31 bits per heavy atom. The van der Waals surface area contributed by atoms with E-state index in [1.54, 1.807) is 30.9 Å². The van der Waals surface area contributed by atoms with Crippen LogP contribution < -0.4 is 15.4 Å². The molecular weight excluding hydrogens is 474 g/mol. The molecule has 1 fully saturated rings. The second-order valence-corrected chi connectivity index (χ2v) is 9.69. The minimum absolute atomic E-state index is 0.212. The van der Waals surface area contributed by atoms with Gasteiger partial charge in [0.05, 0.1) is 6.17 Å². The third kappa shape index (κ3) is 5.49. The Labute approximate surface area is 206 Å². The van der Waals surface area contributed by atoms with Gasteiger partial charge in [-0.05, 0) is 81.8 Å². The first-order valence-corrected chi connectivity index (χ1v) is 12.0. The van der Waals surface area contributed by atoms with Crippen LogP contribution in [0.2, 0.25) is 0 Å². The van der Waals surface area contributed by atoms with Crippen molar-refractivity contribution < 1.29 is 23.1 Å². The molecule has 1 aliphatic heterocycles. The van der Waals surface area contributed by atoms with Crippen LogP contribution in [0.25, 0.3) is 11.3 Å². The largest absolute Gasteiger partial charge is 0.444 e. The van der Waals surface area contributed by atoms with Gasteiger partial charge in [-0.1, -0.05) is 11.3 Å². The zero-order chi connectivity index (χ0) is 25.2. The molecule has 10 heteroatoms. The van der Waals surface area contributed by atoms with Crippen LogP contribution in [0.5, 0.6) is 10.8 Å². The number of hydrogen-bond acceptors (Lipinski definition) is 6. The van der Waals surface area contributed by atoms with Gasteiger partial charge in [-0.25, -0.2) is 13.8 Å². The van der Waals surface area contributed by atoms with Crippen molar-refractivity contribution in [1.29, 1.82) is 0 Å². The van der Waals surface area contributed by atoms with Crippen molar-refractivity contribution in [3.63, 3.8) is 0 Å². The standard InChI is InChI=1S/C25H26F2N4O3S/c1-15(32)31(20-5-4-14-28-20)25(2,3)23(33)30-24-29-21(16-6-8-17(26)9-7-16)22(35-24)34-19-12-10-18(27)11-13-19/h6-13,20,28H,4-5,14H2,1-3H3,(H,29,30,33). The summed E-state index contributed by atoms with van der Waals surface area (Å²) in [5.74, 6) is -1.04. The lowest BCUT2D eigenvalue weighted by Gasteiger charge is -2.40. The number of halogens is 2. The average molecular weight is 501 g/mol. The molecule has 0 aliphatic carbocycles. The van der Waals surface area contributed by atoms with E-state index in [0.717, 1.165) is 30.7 Å². The number of carbonyl (C=O) groups excluding carboxylic acids is 2. The van der Waals surface area contributed by atoms with Crippen molar-refractivity contribution in [2.24, 2.45) is 0 Å². The van der Waals surface area contributed by atoms with Crippen LogP contribution in [-0.4, -0.2) is 39.9 Å². The van der Waals surface area contributed by atoms with Crippen molar-refractivity contribution in [2.75, 3.05) is 11.9 Å². The van der Waals surface area contributed by atoms with Crippen molar-refractivity contribution in [2.45, 2.75) is 45.3 Å². The second kappa shape index (κ2) is 10.1. The van der Waals surface area contributed by atoms with E-state index < -0.39 is 23.1 Å². The van der Waals surface area contributed by atoms with E-state index in [0.29, 0.717) is 22.1 Å². The Balaban J connectivity index is 1.63. The molecule has 184 valence electrons. The monoisotopic (exact) mass is 500 g/mol. The summed E-state index contributed by atoms with van der Waals surface area (Å²) in [5, 5.41) is 6.68. The van der Waals surface area contributed by atoms with Crippen molar-refractivity contribution >= 4 is 28.3 Å². The molecule has 3 aromatic rings. The molecule has 2 heterocycles. The zero-order valence-corrected chi connectivity index (χ0v) is 20.4. The maximum Gasteiger partial charge on any atom is 0.251 e. The number of carbonyl (C=O) groups is 2. The number of nitrogens with zero attached hydrogens (tertiary/aromatic N) is 2. The molecule has 0 bridgehead atoms. The molecule has 2 amide bonds. The lowest BCUT2D eigenvalue weighted by Crippen LogP contribution is -2.60. The normalized spacial score (nSPS) is 15.6. The number of ether oxygens (including phenoxy) is 1. The van der Waals surface area contributed by atoms with Crippen LogP contribution in [0.15, 0.2) is 48.5 Å². The van der Waals surface area contributed by atoms with Gasteiger partial charge in [0.2, 0.25) is 11.0 Å². The molecule has 0 saturated carbocycles. The lowest BCUT2D eigenvalue weighted by molar-refractivity contribution is -0.145. The van der Waals surface area contributed by atoms with Gasteiger partial charge in [0.1, 0.15) is 28.6 Å². The highest BCUT2D eigenvalue weighted by Crippen LogP contribution is 2.41. The third-order valence-corrected chi connectivity index (χ3v) is 6.65. The molecule has 35 heavy (non-hydrogen) atoms. The number of hydrogen-bond donors (Lipinski definition) is 2. The average Bonchev–Trinajstić information content (AvgIpc) is 3.46. The van der Waals surface area contributed by atoms with Crippen LogP contribution in [-0.2, 0) is 9.59 Å². The van der Waals surface area contributed by atoms with E-state index in [4.69, 9.17) is 4.74 Å². The Kier molecular flexibility index (Phi) is 7.13. The Bertz CT molecular complexity index is 1210. The molecule has 1 atom stereocenters. The molecule has 2 N–H and O–H groups in total. The highest BCUT2D eigenvalue weighted by Gasteiger charge is 2.41. The summed E-state index contributed by atoms with van der Waals surface area (Å²) < 4.78 is 32.7. The first-order valence-electron chi connectivity index (χ1n) is 11.2. The summed E-state index contributed by atoms with van der Waals surface area (Å²) >= 11 is 1.08. The molecule has 0 spiro atoms. The van der Waals surface area contributed by atoms with Crippen molar-refractivity contribution in [1.82, 2.24) is 15.2 Å². The molecule has 1 aliphatic rings. The van der Waals surface area contributed by atoms with E-state index in [1.807, 2.05) is 0 Å². The van der Waals surface area contributed by atoms with Crippen molar-refractivity contribution in [3.05, 3.63) is 60.2 Å². The Morgan fingerprint density at radius 2 is 1.74 bits per heavy atom. The van der Waals surface area contributed by atoms with Crippen molar-refractivity contribution in [3.8, 4) is 22.1 Å². The highest BCUT2D eigenvalue weighted by atomic mass is 32.1. The van der Waals surface area contributed by atoms with Crippen LogP contribution in [0.3, 0.4) is 0 Å². The molecule has 7 nitrogen and oxygen atoms in total. The van der Waals surface area contributed by atoms with Gasteiger partial charge in [0.25, 0.3) is 5.91 Å². The van der Waals surface area contributed by atoms with Crippen LogP contribution in [0, 0.1) is 11.6 Å². The Hall–Kier alpha value is -3.37. The van der Waals surface area contributed by atoms with Crippen LogP contribution in [0.4, 0.5) is 13.9 Å². The van der Waals surface area contributed by atoms with E-state index in [9.17, 15) is 18.4 Å². The number of anilines is 1. The lowest BCUT2D eigenvalue weighted by atomic mass is 10.00. The molecule has 2 aromatic carbocycles.